The second kappa shape index (κ2) is 15.5. The maximum absolute atomic E-state index is 14.1. The maximum Gasteiger partial charge on any atom is 0.245 e. The van der Waals surface area contributed by atoms with Gasteiger partial charge >= 0.3 is 0 Å². The molecule has 3 aromatic rings. The summed E-state index contributed by atoms with van der Waals surface area (Å²) in [5.41, 5.74) is 4.33. The van der Waals surface area contributed by atoms with Crippen molar-refractivity contribution in [1.29, 1.82) is 0 Å². The number of nitrogens with one attached hydrogen (secondary N) is 2. The van der Waals surface area contributed by atoms with Gasteiger partial charge in [-0.2, -0.15) is 0 Å². The van der Waals surface area contributed by atoms with Crippen molar-refractivity contribution < 1.29 is 23.8 Å². The molecule has 2 aromatic carbocycles. The summed E-state index contributed by atoms with van der Waals surface area (Å²) in [6, 6.07) is 10.1. The fourth-order valence-corrected chi connectivity index (χ4v) is 6.75. The van der Waals surface area contributed by atoms with E-state index in [2.05, 4.69) is 26.6 Å². The van der Waals surface area contributed by atoms with E-state index in [-0.39, 0.29) is 23.2 Å². The Morgan fingerprint density at radius 1 is 1.02 bits per heavy atom. The molecular formula is C37H47N5O6. The van der Waals surface area contributed by atoms with Gasteiger partial charge in [0.1, 0.15) is 6.04 Å². The molecule has 1 saturated heterocycles. The van der Waals surface area contributed by atoms with Gasteiger partial charge in [-0.05, 0) is 65.3 Å². The van der Waals surface area contributed by atoms with E-state index in [4.69, 9.17) is 14.2 Å². The molecule has 11 heteroatoms. The lowest BCUT2D eigenvalue weighted by molar-refractivity contribution is -0.135. The highest BCUT2D eigenvalue weighted by Gasteiger charge is 2.33. The fraction of sp³-hybridized carbons (Fsp3) is 0.459. The second-order valence-electron chi connectivity index (χ2n) is 12.6. The molecule has 48 heavy (non-hydrogen) atoms. The standard InChI is InChI=1S/C37H47N5O6/c1-7-23(2)34(37(45)42-17-15-41(16-18-42)22-25-9-8-14-38-21-25)40-30-13-11-27-28(20-31(30)44)29(39-24(3)43)12-10-26-19-32(46-4)35(47-5)36(48-6)33(26)27/h8-9,11,13-14,19-21,23,29,34H,7,10,12,15-18,22H2,1-6H3,(H,39,43)(H,40,44). The van der Waals surface area contributed by atoms with E-state index in [1.165, 1.54) is 6.92 Å². The van der Waals surface area contributed by atoms with Crippen molar-refractivity contribution in [2.24, 2.45) is 5.92 Å². The van der Waals surface area contributed by atoms with E-state index < -0.39 is 12.1 Å². The first-order valence-electron chi connectivity index (χ1n) is 16.6. The minimum atomic E-state index is -0.591. The van der Waals surface area contributed by atoms with E-state index in [9.17, 15) is 14.4 Å². The van der Waals surface area contributed by atoms with Crippen LogP contribution in [0.2, 0.25) is 0 Å². The SMILES string of the molecule is CCC(C)C(Nc1ccc2c(cc1=O)C(NC(C)=O)CCc1cc(OC)c(OC)c(OC)c1-2)C(=O)N1CCN(Cc2cccnc2)CC1. The number of fused-ring (bicyclic) bond motifs is 3. The van der Waals surface area contributed by atoms with Crippen LogP contribution in [0.3, 0.4) is 0 Å². The Balaban J connectivity index is 1.49. The van der Waals surface area contributed by atoms with Gasteiger partial charge in [-0.15, -0.1) is 0 Å². The van der Waals surface area contributed by atoms with Crippen LogP contribution in [-0.2, 0) is 22.6 Å². The van der Waals surface area contributed by atoms with Gasteiger partial charge in [-0.1, -0.05) is 32.4 Å². The summed E-state index contributed by atoms with van der Waals surface area (Å²) in [7, 11) is 4.71. The van der Waals surface area contributed by atoms with Crippen molar-refractivity contribution in [2.75, 3.05) is 52.8 Å². The van der Waals surface area contributed by atoms with Crippen LogP contribution in [-0.4, -0.2) is 80.1 Å². The summed E-state index contributed by atoms with van der Waals surface area (Å²) in [4.78, 5) is 48.8. The molecule has 11 nitrogen and oxygen atoms in total. The first-order valence-corrected chi connectivity index (χ1v) is 16.6. The Bertz CT molecular complexity index is 1680. The molecule has 1 aromatic heterocycles. The van der Waals surface area contributed by atoms with Gasteiger partial charge in [0.15, 0.2) is 11.5 Å². The first-order chi connectivity index (χ1) is 23.2. The molecular weight excluding hydrogens is 610 g/mol. The van der Waals surface area contributed by atoms with Gasteiger partial charge < -0.3 is 29.7 Å². The lowest BCUT2D eigenvalue weighted by atomic mass is 9.95. The summed E-state index contributed by atoms with van der Waals surface area (Å²) in [5, 5.41) is 6.41. The zero-order valence-corrected chi connectivity index (χ0v) is 28.8. The Morgan fingerprint density at radius 2 is 1.77 bits per heavy atom. The van der Waals surface area contributed by atoms with Crippen LogP contribution in [0, 0.1) is 5.92 Å². The Labute approximate surface area is 282 Å². The molecule has 2 N–H and O–H groups in total. The highest BCUT2D eigenvalue weighted by Crippen LogP contribution is 2.50. The monoisotopic (exact) mass is 657 g/mol. The number of methoxy groups -OCH3 is 3. The number of anilines is 1. The lowest BCUT2D eigenvalue weighted by Gasteiger charge is -2.37. The predicted octanol–water partition coefficient (Wildman–Crippen LogP) is 4.43. The third kappa shape index (κ3) is 7.41. The van der Waals surface area contributed by atoms with E-state index in [1.807, 2.05) is 43.1 Å². The van der Waals surface area contributed by atoms with Crippen molar-refractivity contribution in [2.45, 2.75) is 58.7 Å². The number of rotatable bonds is 11. The van der Waals surface area contributed by atoms with Gasteiger partial charge in [0.05, 0.1) is 33.1 Å². The molecule has 3 unspecified atom stereocenters. The number of benzene rings is 1. The van der Waals surface area contributed by atoms with Crippen LogP contribution in [0.15, 0.2) is 53.6 Å². The van der Waals surface area contributed by atoms with Crippen molar-refractivity contribution >= 4 is 17.5 Å². The highest BCUT2D eigenvalue weighted by molar-refractivity contribution is 5.86. The Kier molecular flexibility index (Phi) is 11.2. The smallest absolute Gasteiger partial charge is 0.245 e. The zero-order valence-electron chi connectivity index (χ0n) is 28.8. The summed E-state index contributed by atoms with van der Waals surface area (Å²) in [6.07, 6.45) is 5.57. The number of hydrogen-bond donors (Lipinski definition) is 2. The topological polar surface area (TPSA) is 122 Å². The number of hydrogen-bond acceptors (Lipinski definition) is 9. The average Bonchev–Trinajstić information content (AvgIpc) is 3.34. The van der Waals surface area contributed by atoms with Crippen molar-refractivity contribution in [3.8, 4) is 28.4 Å². The van der Waals surface area contributed by atoms with E-state index in [0.29, 0.717) is 54.4 Å². The lowest BCUT2D eigenvalue weighted by Crippen LogP contribution is -2.54. The Morgan fingerprint density at radius 3 is 2.40 bits per heavy atom. The predicted molar refractivity (Wildman–Crippen MR) is 186 cm³/mol. The summed E-state index contributed by atoms with van der Waals surface area (Å²) in [6.45, 7) is 9.07. The normalized spacial score (nSPS) is 17.2. The van der Waals surface area contributed by atoms with Crippen molar-refractivity contribution in [1.82, 2.24) is 20.1 Å². The van der Waals surface area contributed by atoms with Crippen LogP contribution < -0.4 is 30.3 Å². The van der Waals surface area contributed by atoms with E-state index in [1.54, 1.807) is 39.7 Å². The number of amides is 2. The molecule has 1 aliphatic heterocycles. The van der Waals surface area contributed by atoms with Gasteiger partial charge in [0.2, 0.25) is 23.0 Å². The average molecular weight is 658 g/mol. The number of nitrogens with zero attached hydrogens (tertiary/aromatic N) is 3. The molecule has 5 rings (SSSR count). The summed E-state index contributed by atoms with van der Waals surface area (Å²) < 4.78 is 17.2. The van der Waals surface area contributed by atoms with Gasteiger partial charge in [0.25, 0.3) is 0 Å². The molecule has 0 saturated carbocycles. The first kappa shape index (κ1) is 34.7. The summed E-state index contributed by atoms with van der Waals surface area (Å²) in [5.74, 6) is 1.22. The van der Waals surface area contributed by atoms with Crippen molar-refractivity contribution in [3.63, 3.8) is 0 Å². The number of aryl methyl sites for hydroxylation is 1. The molecule has 2 aliphatic rings. The third-order valence-corrected chi connectivity index (χ3v) is 9.52. The third-order valence-electron chi connectivity index (χ3n) is 9.52. The molecule has 3 atom stereocenters. The van der Waals surface area contributed by atoms with E-state index >= 15 is 0 Å². The minimum Gasteiger partial charge on any atom is -0.493 e. The number of carbonyl (C=O) groups is 2. The molecule has 0 bridgehead atoms. The van der Waals surface area contributed by atoms with E-state index in [0.717, 1.165) is 48.3 Å². The maximum atomic E-state index is 14.1. The summed E-state index contributed by atoms with van der Waals surface area (Å²) >= 11 is 0. The molecule has 2 heterocycles. The molecule has 1 aliphatic carbocycles. The molecule has 2 amide bonds. The minimum absolute atomic E-state index is 0.0159. The van der Waals surface area contributed by atoms with Gasteiger partial charge in [0, 0.05) is 57.6 Å². The number of piperazine rings is 1. The number of pyridine rings is 1. The second-order valence-corrected chi connectivity index (χ2v) is 12.6. The quantitative estimate of drug-likeness (QED) is 0.309. The largest absolute Gasteiger partial charge is 0.493 e. The van der Waals surface area contributed by atoms with Gasteiger partial charge in [-0.3, -0.25) is 24.3 Å². The number of carbonyl (C=O) groups excluding carboxylic acids is 2. The van der Waals surface area contributed by atoms with Crippen molar-refractivity contribution in [3.05, 3.63) is 75.7 Å². The number of ether oxygens (including phenoxy) is 3. The van der Waals surface area contributed by atoms with Crippen LogP contribution in [0.25, 0.3) is 11.1 Å². The van der Waals surface area contributed by atoms with Gasteiger partial charge in [-0.25, -0.2) is 0 Å². The Hall–Kier alpha value is -4.64. The highest BCUT2D eigenvalue weighted by atomic mass is 16.5. The fourth-order valence-electron chi connectivity index (χ4n) is 6.75. The molecule has 1 fully saturated rings. The van der Waals surface area contributed by atoms with Crippen LogP contribution in [0.4, 0.5) is 5.69 Å². The molecule has 0 spiro atoms. The molecule has 256 valence electrons. The van der Waals surface area contributed by atoms with Crippen LogP contribution in [0.1, 0.15) is 56.3 Å². The number of aromatic nitrogens is 1. The zero-order chi connectivity index (χ0) is 34.4. The molecule has 0 radical (unpaired) electrons. The van der Waals surface area contributed by atoms with Crippen LogP contribution >= 0.6 is 0 Å². The van der Waals surface area contributed by atoms with Crippen LogP contribution in [0.5, 0.6) is 17.2 Å².